The molecular formula is C16H16ClN. The van der Waals surface area contributed by atoms with Gasteiger partial charge < -0.3 is 4.90 Å². The van der Waals surface area contributed by atoms with E-state index in [1.165, 1.54) is 16.8 Å². The largest absolute Gasteiger partial charge is 0.364 e. The topological polar surface area (TPSA) is 3.24 Å². The lowest BCUT2D eigenvalue weighted by molar-refractivity contribution is 0.625. The van der Waals surface area contributed by atoms with E-state index >= 15 is 0 Å². The first-order chi connectivity index (χ1) is 8.77. The molecule has 0 fully saturated rings. The SMILES string of the molecule is CC1c2cccc(Cl)c2CCN1c1ccccc1. The molecule has 0 radical (unpaired) electrons. The van der Waals surface area contributed by atoms with Crippen LogP contribution in [-0.2, 0) is 6.42 Å². The number of benzene rings is 2. The van der Waals surface area contributed by atoms with Crippen LogP contribution in [0.5, 0.6) is 0 Å². The molecule has 0 saturated heterocycles. The predicted molar refractivity (Wildman–Crippen MR) is 77.4 cm³/mol. The van der Waals surface area contributed by atoms with Gasteiger partial charge in [0, 0.05) is 17.3 Å². The highest BCUT2D eigenvalue weighted by atomic mass is 35.5. The third-order valence-corrected chi connectivity index (χ3v) is 4.12. The minimum Gasteiger partial charge on any atom is -0.364 e. The first kappa shape index (κ1) is 11.6. The second kappa shape index (κ2) is 4.66. The van der Waals surface area contributed by atoms with E-state index in [0.29, 0.717) is 6.04 Å². The molecule has 0 amide bonds. The molecule has 0 aliphatic carbocycles. The molecule has 0 N–H and O–H groups in total. The predicted octanol–water partition coefficient (Wildman–Crippen LogP) is 4.46. The van der Waals surface area contributed by atoms with Gasteiger partial charge in [0.25, 0.3) is 0 Å². The van der Waals surface area contributed by atoms with E-state index in [-0.39, 0.29) is 0 Å². The molecule has 1 atom stereocenters. The summed E-state index contributed by atoms with van der Waals surface area (Å²) in [6.07, 6.45) is 1.02. The second-order valence-corrected chi connectivity index (χ2v) is 5.17. The van der Waals surface area contributed by atoms with E-state index in [1.54, 1.807) is 0 Å². The van der Waals surface area contributed by atoms with Crippen LogP contribution in [0.3, 0.4) is 0 Å². The van der Waals surface area contributed by atoms with Crippen LogP contribution in [0.1, 0.15) is 24.1 Å². The van der Waals surface area contributed by atoms with Gasteiger partial charge in [-0.3, -0.25) is 0 Å². The van der Waals surface area contributed by atoms with E-state index in [9.17, 15) is 0 Å². The number of fused-ring (bicyclic) bond motifs is 1. The highest BCUT2D eigenvalue weighted by Crippen LogP contribution is 2.35. The number of hydrogen-bond acceptors (Lipinski definition) is 1. The molecule has 1 heterocycles. The minimum atomic E-state index is 0.384. The van der Waals surface area contributed by atoms with Crippen LogP contribution in [0.4, 0.5) is 5.69 Å². The van der Waals surface area contributed by atoms with Gasteiger partial charge in [-0.05, 0) is 42.7 Å². The van der Waals surface area contributed by atoms with Gasteiger partial charge >= 0.3 is 0 Å². The van der Waals surface area contributed by atoms with Crippen LogP contribution in [0.25, 0.3) is 0 Å². The third kappa shape index (κ3) is 1.89. The number of hydrogen-bond donors (Lipinski definition) is 0. The zero-order valence-electron chi connectivity index (χ0n) is 10.4. The van der Waals surface area contributed by atoms with Crippen LogP contribution in [0.2, 0.25) is 5.02 Å². The maximum atomic E-state index is 6.28. The Kier molecular flexibility index (Phi) is 3.00. The Bertz CT molecular complexity index is 550. The summed E-state index contributed by atoms with van der Waals surface area (Å²) in [7, 11) is 0. The van der Waals surface area contributed by atoms with Crippen molar-refractivity contribution < 1.29 is 0 Å². The highest BCUT2D eigenvalue weighted by Gasteiger charge is 2.24. The molecule has 2 heteroatoms. The molecule has 0 saturated carbocycles. The van der Waals surface area contributed by atoms with Crippen molar-refractivity contribution in [3.63, 3.8) is 0 Å². The Hall–Kier alpha value is -1.47. The summed E-state index contributed by atoms with van der Waals surface area (Å²) in [5.74, 6) is 0. The number of para-hydroxylation sites is 1. The average Bonchev–Trinajstić information content (AvgIpc) is 2.41. The van der Waals surface area contributed by atoms with Crippen LogP contribution in [-0.4, -0.2) is 6.54 Å². The quantitative estimate of drug-likeness (QED) is 0.729. The van der Waals surface area contributed by atoms with E-state index in [1.807, 2.05) is 12.1 Å². The van der Waals surface area contributed by atoms with Gasteiger partial charge in [0.2, 0.25) is 0 Å². The smallest absolute Gasteiger partial charge is 0.0517 e. The molecule has 3 rings (SSSR count). The summed E-state index contributed by atoms with van der Waals surface area (Å²) in [4.78, 5) is 2.44. The van der Waals surface area contributed by atoms with Crippen LogP contribution < -0.4 is 4.90 Å². The standard InChI is InChI=1S/C16H16ClN/c1-12-14-8-5-9-16(17)15(14)10-11-18(12)13-6-3-2-4-7-13/h2-9,12H,10-11H2,1H3. The van der Waals surface area contributed by atoms with Crippen molar-refractivity contribution in [2.45, 2.75) is 19.4 Å². The molecular weight excluding hydrogens is 242 g/mol. The lowest BCUT2D eigenvalue weighted by Crippen LogP contribution is -2.34. The van der Waals surface area contributed by atoms with Crippen molar-refractivity contribution in [3.8, 4) is 0 Å². The lowest BCUT2D eigenvalue weighted by Gasteiger charge is -2.37. The van der Waals surface area contributed by atoms with Gasteiger partial charge in [0.1, 0.15) is 0 Å². The fourth-order valence-electron chi connectivity index (χ4n) is 2.80. The molecule has 18 heavy (non-hydrogen) atoms. The van der Waals surface area contributed by atoms with E-state index in [4.69, 9.17) is 11.6 Å². The van der Waals surface area contributed by atoms with E-state index < -0.39 is 0 Å². The third-order valence-electron chi connectivity index (χ3n) is 3.76. The minimum absolute atomic E-state index is 0.384. The van der Waals surface area contributed by atoms with Crippen molar-refractivity contribution in [1.82, 2.24) is 0 Å². The normalized spacial score (nSPS) is 18.6. The fourth-order valence-corrected chi connectivity index (χ4v) is 3.07. The number of anilines is 1. The first-order valence-corrected chi connectivity index (χ1v) is 6.74. The average molecular weight is 258 g/mol. The Morgan fingerprint density at radius 2 is 1.83 bits per heavy atom. The van der Waals surface area contributed by atoms with Crippen molar-refractivity contribution in [2.24, 2.45) is 0 Å². The lowest BCUT2D eigenvalue weighted by atomic mass is 9.93. The van der Waals surface area contributed by atoms with Crippen LogP contribution >= 0.6 is 11.6 Å². The van der Waals surface area contributed by atoms with Crippen LogP contribution in [0, 0.1) is 0 Å². The molecule has 2 aromatic rings. The van der Waals surface area contributed by atoms with Gasteiger partial charge in [0.15, 0.2) is 0 Å². The van der Waals surface area contributed by atoms with E-state index in [2.05, 4.69) is 48.2 Å². The molecule has 92 valence electrons. The van der Waals surface area contributed by atoms with E-state index in [0.717, 1.165) is 18.0 Å². The monoisotopic (exact) mass is 257 g/mol. The van der Waals surface area contributed by atoms with Gasteiger partial charge in [0.05, 0.1) is 6.04 Å². The zero-order valence-corrected chi connectivity index (χ0v) is 11.2. The summed E-state index contributed by atoms with van der Waals surface area (Å²) in [5, 5.41) is 0.909. The molecule has 0 spiro atoms. The summed E-state index contributed by atoms with van der Waals surface area (Å²) in [5.41, 5.74) is 3.96. The van der Waals surface area contributed by atoms with Crippen molar-refractivity contribution in [2.75, 3.05) is 11.4 Å². The van der Waals surface area contributed by atoms with Crippen molar-refractivity contribution >= 4 is 17.3 Å². The molecule has 1 aliphatic heterocycles. The highest BCUT2D eigenvalue weighted by molar-refractivity contribution is 6.31. The molecule has 0 bridgehead atoms. The van der Waals surface area contributed by atoms with Gasteiger partial charge in [-0.25, -0.2) is 0 Å². The van der Waals surface area contributed by atoms with Gasteiger partial charge in [-0.15, -0.1) is 0 Å². The second-order valence-electron chi connectivity index (χ2n) is 4.76. The summed E-state index contributed by atoms with van der Waals surface area (Å²) in [6.45, 7) is 3.28. The Labute approximate surface area is 113 Å². The summed E-state index contributed by atoms with van der Waals surface area (Å²) in [6, 6.07) is 17.2. The summed E-state index contributed by atoms with van der Waals surface area (Å²) >= 11 is 6.28. The number of rotatable bonds is 1. The molecule has 1 aliphatic rings. The molecule has 1 nitrogen and oxygen atoms in total. The zero-order chi connectivity index (χ0) is 12.5. The Morgan fingerprint density at radius 3 is 2.61 bits per heavy atom. The Balaban J connectivity index is 2.00. The maximum Gasteiger partial charge on any atom is 0.0517 e. The first-order valence-electron chi connectivity index (χ1n) is 6.36. The summed E-state index contributed by atoms with van der Waals surface area (Å²) < 4.78 is 0. The molecule has 0 aromatic heterocycles. The molecule has 2 aromatic carbocycles. The molecule has 1 unspecified atom stereocenters. The van der Waals surface area contributed by atoms with Crippen molar-refractivity contribution in [1.29, 1.82) is 0 Å². The van der Waals surface area contributed by atoms with Gasteiger partial charge in [-0.2, -0.15) is 0 Å². The maximum absolute atomic E-state index is 6.28. The van der Waals surface area contributed by atoms with Gasteiger partial charge in [-0.1, -0.05) is 41.9 Å². The fraction of sp³-hybridized carbons (Fsp3) is 0.250. The Morgan fingerprint density at radius 1 is 1.06 bits per heavy atom. The van der Waals surface area contributed by atoms with Crippen LogP contribution in [0.15, 0.2) is 48.5 Å². The number of halogens is 1. The number of nitrogens with zero attached hydrogens (tertiary/aromatic N) is 1. The van der Waals surface area contributed by atoms with Crippen molar-refractivity contribution in [3.05, 3.63) is 64.7 Å².